The van der Waals surface area contributed by atoms with Crippen LogP contribution in [0.5, 0.6) is 0 Å². The Hall–Kier alpha value is -1.22. The highest BCUT2D eigenvalue weighted by atomic mass is 31.2. The molecule has 0 aliphatic heterocycles. The van der Waals surface area contributed by atoms with Crippen LogP contribution < -0.4 is 5.32 Å². The zero-order valence-electron chi connectivity index (χ0n) is 29.6. The number of carbonyl (C=O) groups excluding carboxylic acids is 1. The second-order valence-corrected chi connectivity index (χ2v) is 14.7. The largest absolute Gasteiger partial charge is 0.472 e. The van der Waals surface area contributed by atoms with Crippen molar-refractivity contribution in [3.05, 3.63) is 24.3 Å². The van der Waals surface area contributed by atoms with Gasteiger partial charge in [0.05, 0.1) is 31.3 Å². The number of nitrogens with one attached hydrogen (secondary N) is 1. The topological polar surface area (TPSA) is 226 Å². The van der Waals surface area contributed by atoms with Crippen molar-refractivity contribution in [2.75, 3.05) is 6.61 Å². The van der Waals surface area contributed by atoms with Gasteiger partial charge in [0, 0.05) is 0 Å². The molecule has 1 aliphatic carbocycles. The van der Waals surface area contributed by atoms with Crippen molar-refractivity contribution in [1.82, 2.24) is 5.32 Å². The summed E-state index contributed by atoms with van der Waals surface area (Å²) in [5.41, 5.74) is 0. The molecule has 0 radical (unpaired) electrons. The SMILES string of the molecule is CCCCCC/C=C/CC/C=C/C(O)C(COP(=O)(O)OC1C(O)C(O)C(O)C(O)C1O)NC(=O)CC(O)CCCCCCCCCCC. The lowest BCUT2D eigenvalue weighted by atomic mass is 9.85. The third-order valence-electron chi connectivity index (χ3n) is 8.79. The van der Waals surface area contributed by atoms with Gasteiger partial charge in [0.1, 0.15) is 36.6 Å². The number of hydrogen-bond donors (Lipinski definition) is 9. The average molecular weight is 724 g/mol. The summed E-state index contributed by atoms with van der Waals surface area (Å²) in [4.78, 5) is 23.2. The van der Waals surface area contributed by atoms with Gasteiger partial charge in [0.25, 0.3) is 0 Å². The number of phosphoric ester groups is 1. The van der Waals surface area contributed by atoms with Gasteiger partial charge in [0.2, 0.25) is 5.91 Å². The van der Waals surface area contributed by atoms with Crippen LogP contribution in [0.15, 0.2) is 24.3 Å². The zero-order valence-corrected chi connectivity index (χ0v) is 30.5. The fourth-order valence-electron chi connectivity index (χ4n) is 5.67. The Labute approximate surface area is 293 Å². The molecule has 1 saturated carbocycles. The van der Waals surface area contributed by atoms with E-state index in [4.69, 9.17) is 9.05 Å². The van der Waals surface area contributed by atoms with Gasteiger partial charge >= 0.3 is 7.82 Å². The molecule has 0 bridgehead atoms. The molecule has 1 rings (SSSR count). The third-order valence-corrected chi connectivity index (χ3v) is 9.78. The highest BCUT2D eigenvalue weighted by Gasteiger charge is 2.51. The summed E-state index contributed by atoms with van der Waals surface area (Å²) in [5, 5.41) is 73.7. The number of rotatable bonds is 28. The average Bonchev–Trinajstić information content (AvgIpc) is 3.06. The molecule has 1 amide bonds. The smallest absolute Gasteiger partial charge is 0.393 e. The summed E-state index contributed by atoms with van der Waals surface area (Å²) in [6.45, 7) is 3.60. The van der Waals surface area contributed by atoms with E-state index in [9.17, 15) is 50.0 Å². The molecule has 0 spiro atoms. The van der Waals surface area contributed by atoms with Crippen molar-refractivity contribution < 1.29 is 59.0 Å². The second-order valence-electron chi connectivity index (χ2n) is 13.3. The maximum Gasteiger partial charge on any atom is 0.472 e. The van der Waals surface area contributed by atoms with E-state index in [0.29, 0.717) is 12.8 Å². The van der Waals surface area contributed by atoms with Crippen LogP contribution in [0.2, 0.25) is 0 Å². The zero-order chi connectivity index (χ0) is 36.7. The van der Waals surface area contributed by atoms with Crippen molar-refractivity contribution in [3.8, 4) is 0 Å². The normalized spacial score (nSPS) is 26.2. The molecule has 288 valence electrons. The van der Waals surface area contributed by atoms with Gasteiger partial charge in [-0.2, -0.15) is 0 Å². The van der Waals surface area contributed by atoms with Crippen molar-refractivity contribution >= 4 is 13.7 Å². The molecule has 14 heteroatoms. The molecular formula is C35H66NO12P. The maximum atomic E-state index is 12.8. The van der Waals surface area contributed by atoms with E-state index in [1.807, 2.05) is 0 Å². The predicted molar refractivity (Wildman–Crippen MR) is 187 cm³/mol. The first-order chi connectivity index (χ1) is 23.3. The number of allylic oxidation sites excluding steroid dienone is 3. The fraction of sp³-hybridized carbons (Fsp3) is 0.857. The Bertz CT molecular complexity index is 953. The molecule has 49 heavy (non-hydrogen) atoms. The summed E-state index contributed by atoms with van der Waals surface area (Å²) in [5.74, 6) is -0.609. The monoisotopic (exact) mass is 723 g/mol. The van der Waals surface area contributed by atoms with Gasteiger partial charge in [-0.3, -0.25) is 13.8 Å². The molecule has 0 aromatic carbocycles. The van der Waals surface area contributed by atoms with Crippen LogP contribution in [0.3, 0.4) is 0 Å². The molecule has 1 fully saturated rings. The molecule has 0 saturated heterocycles. The number of phosphoric acid groups is 1. The van der Waals surface area contributed by atoms with Crippen LogP contribution in [-0.2, 0) is 18.4 Å². The summed E-state index contributed by atoms with van der Waals surface area (Å²) < 4.78 is 22.6. The lowest BCUT2D eigenvalue weighted by molar-refractivity contribution is -0.220. The van der Waals surface area contributed by atoms with Crippen LogP contribution in [0.25, 0.3) is 0 Å². The Balaban J connectivity index is 2.73. The molecule has 0 heterocycles. The quantitative estimate of drug-likeness (QED) is 0.0320. The van der Waals surface area contributed by atoms with Crippen molar-refractivity contribution in [2.45, 2.75) is 184 Å². The molecule has 0 aromatic rings. The number of unbranched alkanes of at least 4 members (excludes halogenated alkanes) is 13. The van der Waals surface area contributed by atoms with E-state index in [-0.39, 0.29) is 6.42 Å². The molecule has 0 aromatic heterocycles. The molecule has 13 nitrogen and oxygen atoms in total. The number of aliphatic hydroxyl groups is 7. The Morgan fingerprint density at radius 2 is 1.20 bits per heavy atom. The minimum atomic E-state index is -5.13. The fourth-order valence-corrected chi connectivity index (χ4v) is 6.63. The van der Waals surface area contributed by atoms with E-state index in [0.717, 1.165) is 44.9 Å². The molecular weight excluding hydrogens is 657 g/mol. The first-order valence-corrected chi connectivity index (χ1v) is 19.9. The van der Waals surface area contributed by atoms with Gasteiger partial charge in [0.15, 0.2) is 0 Å². The first-order valence-electron chi connectivity index (χ1n) is 18.4. The van der Waals surface area contributed by atoms with Crippen LogP contribution in [0.4, 0.5) is 0 Å². The van der Waals surface area contributed by atoms with Crippen molar-refractivity contribution in [1.29, 1.82) is 0 Å². The second kappa shape index (κ2) is 26.5. The predicted octanol–water partition coefficient (Wildman–Crippen LogP) is 3.69. The minimum absolute atomic E-state index is 0.251. The number of aliphatic hydroxyl groups excluding tert-OH is 7. The summed E-state index contributed by atoms with van der Waals surface area (Å²) in [6.07, 6.45) is 10.3. The summed E-state index contributed by atoms with van der Waals surface area (Å²) in [6, 6.07) is -1.25. The van der Waals surface area contributed by atoms with Crippen molar-refractivity contribution in [3.63, 3.8) is 0 Å². The molecule has 9 N–H and O–H groups in total. The van der Waals surface area contributed by atoms with Crippen LogP contribution in [0.1, 0.15) is 129 Å². The van der Waals surface area contributed by atoms with E-state index in [2.05, 4.69) is 31.3 Å². The Morgan fingerprint density at radius 3 is 1.80 bits per heavy atom. The van der Waals surface area contributed by atoms with Crippen LogP contribution in [-0.4, -0.2) is 108 Å². The lowest BCUT2D eigenvalue weighted by Gasteiger charge is -2.41. The number of hydrogen-bond acceptors (Lipinski definition) is 11. The van der Waals surface area contributed by atoms with Crippen molar-refractivity contribution in [2.24, 2.45) is 0 Å². The third kappa shape index (κ3) is 19.8. The van der Waals surface area contributed by atoms with E-state index in [1.54, 1.807) is 6.08 Å². The highest BCUT2D eigenvalue weighted by molar-refractivity contribution is 7.47. The Morgan fingerprint density at radius 1 is 0.714 bits per heavy atom. The van der Waals surface area contributed by atoms with Crippen LogP contribution in [0, 0.1) is 0 Å². The lowest BCUT2D eigenvalue weighted by Crippen LogP contribution is -2.64. The molecule has 8 atom stereocenters. The van der Waals surface area contributed by atoms with E-state index >= 15 is 0 Å². The Kier molecular flexibility index (Phi) is 24.8. The van der Waals surface area contributed by atoms with Gasteiger partial charge in [-0.05, 0) is 32.1 Å². The number of amides is 1. The van der Waals surface area contributed by atoms with Crippen LogP contribution >= 0.6 is 7.82 Å². The minimum Gasteiger partial charge on any atom is -0.393 e. The molecule has 1 aliphatic rings. The highest BCUT2D eigenvalue weighted by Crippen LogP contribution is 2.47. The van der Waals surface area contributed by atoms with Gasteiger partial charge < -0.3 is 46.0 Å². The summed E-state index contributed by atoms with van der Waals surface area (Å²) in [7, 11) is -5.13. The van der Waals surface area contributed by atoms with Gasteiger partial charge in [-0.1, -0.05) is 115 Å². The maximum absolute atomic E-state index is 12.8. The number of carbonyl (C=O) groups is 1. The van der Waals surface area contributed by atoms with Gasteiger partial charge in [-0.25, -0.2) is 4.57 Å². The van der Waals surface area contributed by atoms with Gasteiger partial charge in [-0.15, -0.1) is 0 Å². The van der Waals surface area contributed by atoms with E-state index < -0.39 is 75.2 Å². The first kappa shape index (κ1) is 45.8. The molecule has 8 unspecified atom stereocenters. The van der Waals surface area contributed by atoms with E-state index in [1.165, 1.54) is 57.4 Å². The standard InChI is InChI=1S/C35H66NO12P/c1-3-5-7-9-11-13-15-17-19-21-23-28(38)27(36-29(39)24-26(37)22-20-18-16-14-12-10-8-6-4-2)25-47-49(45,46)48-35-33(43)31(41)30(40)32(42)34(35)44/h13,15,21,23,26-28,30-35,37-38,40-44H,3-12,14,16-20,22,24-25H2,1-2H3,(H,36,39)(H,45,46)/b15-13+,23-21+. The summed E-state index contributed by atoms with van der Waals surface area (Å²) >= 11 is 0.